The molecular weight excluding hydrogens is 209 g/mol. The molecule has 0 amide bonds. The number of ether oxygens (including phenoxy) is 1. The van der Waals surface area contributed by atoms with E-state index < -0.39 is 6.17 Å². The summed E-state index contributed by atoms with van der Waals surface area (Å²) >= 11 is 0. The minimum atomic E-state index is -0.735. The molecule has 0 aromatic rings. The minimum Gasteiger partial charge on any atom is -0.466 e. The second-order valence-corrected chi connectivity index (χ2v) is 4.40. The molecule has 0 radical (unpaired) electrons. The van der Waals surface area contributed by atoms with Crippen LogP contribution in [0.3, 0.4) is 0 Å². The van der Waals surface area contributed by atoms with E-state index in [1.165, 1.54) is 0 Å². The Labute approximate surface area is 96.9 Å². The van der Waals surface area contributed by atoms with E-state index in [9.17, 15) is 9.18 Å². The zero-order valence-electron chi connectivity index (χ0n) is 10.2. The maximum Gasteiger partial charge on any atom is 0.307 e. The number of esters is 1. The van der Waals surface area contributed by atoms with Crippen LogP contribution in [0, 0.1) is 0 Å². The van der Waals surface area contributed by atoms with Crippen molar-refractivity contribution in [3.63, 3.8) is 0 Å². The van der Waals surface area contributed by atoms with Gasteiger partial charge in [0.25, 0.3) is 0 Å². The van der Waals surface area contributed by atoms with Crippen molar-refractivity contribution in [3.05, 3.63) is 0 Å². The summed E-state index contributed by atoms with van der Waals surface area (Å²) < 4.78 is 18.5. The van der Waals surface area contributed by atoms with Crippen molar-refractivity contribution < 1.29 is 13.9 Å². The monoisotopic (exact) mass is 231 g/mol. The summed E-state index contributed by atoms with van der Waals surface area (Å²) in [5.41, 5.74) is 0. The van der Waals surface area contributed by atoms with Crippen LogP contribution in [0.25, 0.3) is 0 Å². The molecule has 1 aliphatic rings. The van der Waals surface area contributed by atoms with Crippen LogP contribution >= 0.6 is 0 Å². The smallest absolute Gasteiger partial charge is 0.307 e. The number of carbonyl (C=O) groups excluding carboxylic acids is 1. The maximum absolute atomic E-state index is 13.6. The normalized spacial score (nSPS) is 25.8. The van der Waals surface area contributed by atoms with Gasteiger partial charge < -0.3 is 4.74 Å². The van der Waals surface area contributed by atoms with E-state index in [2.05, 4.69) is 0 Å². The van der Waals surface area contributed by atoms with Crippen LogP contribution in [0.1, 0.15) is 39.0 Å². The van der Waals surface area contributed by atoms with Crippen LogP contribution in [-0.4, -0.2) is 43.3 Å². The highest BCUT2D eigenvalue weighted by Gasteiger charge is 2.28. The van der Waals surface area contributed by atoms with E-state index >= 15 is 0 Å². The summed E-state index contributed by atoms with van der Waals surface area (Å²) in [5, 5.41) is 0. The summed E-state index contributed by atoms with van der Waals surface area (Å²) in [7, 11) is 1.89. The Kier molecular flexibility index (Phi) is 5.74. The van der Waals surface area contributed by atoms with Gasteiger partial charge in [-0.3, -0.25) is 9.69 Å². The van der Waals surface area contributed by atoms with Crippen LogP contribution in [-0.2, 0) is 9.53 Å². The maximum atomic E-state index is 13.6. The molecule has 16 heavy (non-hydrogen) atoms. The number of rotatable bonds is 5. The topological polar surface area (TPSA) is 29.5 Å². The third-order valence-electron chi connectivity index (χ3n) is 3.19. The van der Waals surface area contributed by atoms with E-state index in [1.54, 1.807) is 6.92 Å². The molecule has 0 N–H and O–H groups in total. The zero-order chi connectivity index (χ0) is 12.0. The molecule has 0 aromatic carbocycles. The fraction of sp³-hybridized carbons (Fsp3) is 0.917. The summed E-state index contributed by atoms with van der Waals surface area (Å²) in [6.07, 6.45) is 3.27. The van der Waals surface area contributed by atoms with Crippen molar-refractivity contribution in [2.24, 2.45) is 0 Å². The lowest BCUT2D eigenvalue weighted by molar-refractivity contribution is -0.143. The molecule has 4 heteroatoms. The van der Waals surface area contributed by atoms with E-state index in [-0.39, 0.29) is 12.0 Å². The van der Waals surface area contributed by atoms with Crippen molar-refractivity contribution in [3.8, 4) is 0 Å². The molecule has 0 aliphatic heterocycles. The molecule has 0 aromatic heterocycles. The van der Waals surface area contributed by atoms with Gasteiger partial charge in [-0.1, -0.05) is 12.8 Å². The average molecular weight is 231 g/mol. The third-order valence-corrected chi connectivity index (χ3v) is 3.19. The van der Waals surface area contributed by atoms with Crippen LogP contribution in [0.15, 0.2) is 0 Å². The Hall–Kier alpha value is -0.640. The van der Waals surface area contributed by atoms with Crippen LogP contribution in [0.5, 0.6) is 0 Å². The Balaban J connectivity index is 2.27. The van der Waals surface area contributed by atoms with E-state index in [1.807, 2.05) is 11.9 Å². The number of carbonyl (C=O) groups is 1. The Morgan fingerprint density at radius 2 is 2.12 bits per heavy atom. The molecule has 1 aliphatic carbocycles. The highest BCUT2D eigenvalue weighted by molar-refractivity contribution is 5.69. The van der Waals surface area contributed by atoms with Crippen molar-refractivity contribution in [2.45, 2.75) is 51.2 Å². The van der Waals surface area contributed by atoms with Gasteiger partial charge in [-0.25, -0.2) is 4.39 Å². The van der Waals surface area contributed by atoms with Crippen molar-refractivity contribution >= 4 is 5.97 Å². The quantitative estimate of drug-likeness (QED) is 0.679. The number of alkyl halides is 1. The van der Waals surface area contributed by atoms with Crippen molar-refractivity contribution in [1.82, 2.24) is 4.90 Å². The lowest BCUT2D eigenvalue weighted by atomic mass is 9.92. The van der Waals surface area contributed by atoms with Crippen LogP contribution < -0.4 is 0 Å². The molecule has 1 fully saturated rings. The highest BCUT2D eigenvalue weighted by Crippen LogP contribution is 2.24. The van der Waals surface area contributed by atoms with Gasteiger partial charge >= 0.3 is 5.97 Å². The predicted octanol–water partition coefficient (Wildman–Crippen LogP) is 2.15. The first kappa shape index (κ1) is 13.4. The van der Waals surface area contributed by atoms with Gasteiger partial charge in [-0.05, 0) is 26.8 Å². The number of hydrogen-bond donors (Lipinski definition) is 0. The summed E-state index contributed by atoms with van der Waals surface area (Å²) in [5.74, 6) is -0.194. The molecule has 1 rings (SSSR count). The number of halogens is 1. The summed E-state index contributed by atoms with van der Waals surface area (Å²) in [6, 6.07) is -0.0109. The molecule has 0 bridgehead atoms. The molecule has 2 atom stereocenters. The molecule has 3 nitrogen and oxygen atoms in total. The first-order valence-electron chi connectivity index (χ1n) is 6.15. The first-order valence-corrected chi connectivity index (χ1v) is 6.15. The fourth-order valence-electron chi connectivity index (χ4n) is 2.23. The zero-order valence-corrected chi connectivity index (χ0v) is 10.2. The molecule has 0 unspecified atom stereocenters. The van der Waals surface area contributed by atoms with Gasteiger partial charge in [0.2, 0.25) is 0 Å². The number of hydrogen-bond acceptors (Lipinski definition) is 3. The van der Waals surface area contributed by atoms with Gasteiger partial charge in [0, 0.05) is 12.6 Å². The minimum absolute atomic E-state index is 0.0109. The third kappa shape index (κ3) is 4.08. The van der Waals surface area contributed by atoms with Crippen LogP contribution in [0.2, 0.25) is 0 Å². The molecule has 0 spiro atoms. The van der Waals surface area contributed by atoms with Gasteiger partial charge in [0.1, 0.15) is 6.17 Å². The largest absolute Gasteiger partial charge is 0.466 e. The van der Waals surface area contributed by atoms with Gasteiger partial charge in [-0.2, -0.15) is 0 Å². The molecule has 0 saturated heterocycles. The fourth-order valence-corrected chi connectivity index (χ4v) is 2.23. The summed E-state index contributed by atoms with van der Waals surface area (Å²) in [4.78, 5) is 13.1. The van der Waals surface area contributed by atoms with Gasteiger partial charge in [0.05, 0.1) is 13.0 Å². The average Bonchev–Trinajstić information content (AvgIpc) is 2.27. The van der Waals surface area contributed by atoms with E-state index in [4.69, 9.17) is 4.74 Å². The molecule has 1 saturated carbocycles. The van der Waals surface area contributed by atoms with E-state index in [0.29, 0.717) is 26.0 Å². The first-order chi connectivity index (χ1) is 7.65. The van der Waals surface area contributed by atoms with Crippen molar-refractivity contribution in [2.75, 3.05) is 20.2 Å². The Morgan fingerprint density at radius 1 is 1.44 bits per heavy atom. The van der Waals surface area contributed by atoms with Crippen LogP contribution in [0.4, 0.5) is 4.39 Å². The lowest BCUT2D eigenvalue weighted by Crippen LogP contribution is -2.42. The second-order valence-electron chi connectivity index (χ2n) is 4.40. The highest BCUT2D eigenvalue weighted by atomic mass is 19.1. The predicted molar refractivity (Wildman–Crippen MR) is 61.0 cm³/mol. The lowest BCUT2D eigenvalue weighted by Gasteiger charge is -2.33. The molecule has 0 heterocycles. The number of nitrogens with zero attached hydrogens (tertiary/aromatic N) is 1. The molecule has 94 valence electrons. The van der Waals surface area contributed by atoms with Gasteiger partial charge in [0.15, 0.2) is 0 Å². The Bertz CT molecular complexity index is 223. The second kappa shape index (κ2) is 6.84. The van der Waals surface area contributed by atoms with Gasteiger partial charge in [-0.15, -0.1) is 0 Å². The SMILES string of the molecule is CCOC(=O)CCN(C)[C@@H]1CCCC[C@H]1F. The standard InChI is InChI=1S/C12H22FNO2/c1-3-16-12(15)8-9-14(2)11-7-5-4-6-10(11)13/h10-11H,3-9H2,1-2H3/t10-,11-/m1/s1. The van der Waals surface area contributed by atoms with E-state index in [0.717, 1.165) is 19.3 Å². The summed E-state index contributed by atoms with van der Waals surface area (Å²) in [6.45, 7) is 2.79. The molecular formula is C12H22FNO2. The Morgan fingerprint density at radius 3 is 2.75 bits per heavy atom. The van der Waals surface area contributed by atoms with Crippen molar-refractivity contribution in [1.29, 1.82) is 0 Å².